The zero-order valence-corrected chi connectivity index (χ0v) is 13.0. The zero-order chi connectivity index (χ0) is 14.9. The van der Waals surface area contributed by atoms with Crippen molar-refractivity contribution >= 4 is 21.6 Å². The average Bonchev–Trinajstić information content (AvgIpc) is 2.88. The Hall–Kier alpha value is -1.37. The number of imidazole rings is 1. The van der Waals surface area contributed by atoms with Gasteiger partial charge in [0.1, 0.15) is 10.7 Å². The van der Waals surface area contributed by atoms with Crippen LogP contribution in [0.1, 0.15) is 30.1 Å². The van der Waals surface area contributed by atoms with E-state index in [0.29, 0.717) is 5.82 Å². The third kappa shape index (κ3) is 3.12. The van der Waals surface area contributed by atoms with Crippen LogP contribution in [0, 0.1) is 0 Å². The number of hydrogen-bond donors (Lipinski definition) is 2. The molecule has 1 heterocycles. The van der Waals surface area contributed by atoms with E-state index in [1.54, 1.807) is 18.2 Å². The van der Waals surface area contributed by atoms with Gasteiger partial charge < -0.3 is 4.98 Å². The van der Waals surface area contributed by atoms with E-state index in [1.807, 2.05) is 0 Å². The van der Waals surface area contributed by atoms with Gasteiger partial charge in [-0.2, -0.15) is 0 Å². The molecule has 112 valence electrons. The summed E-state index contributed by atoms with van der Waals surface area (Å²) in [6.45, 7) is 0.139. The second kappa shape index (κ2) is 5.79. The summed E-state index contributed by atoms with van der Waals surface area (Å²) in [4.78, 5) is 7.74. The van der Waals surface area contributed by atoms with Gasteiger partial charge in [-0.1, -0.05) is 23.7 Å². The SMILES string of the molecule is O=S(=O)(NCc1nc2c([nH]1)CCCC2)c1ccccc1Cl. The van der Waals surface area contributed by atoms with Crippen LogP contribution in [0.2, 0.25) is 5.02 Å². The number of aromatic nitrogens is 2. The minimum Gasteiger partial charge on any atom is -0.345 e. The molecule has 2 N–H and O–H groups in total. The molecule has 0 unspecified atom stereocenters. The van der Waals surface area contributed by atoms with Gasteiger partial charge in [-0.15, -0.1) is 0 Å². The van der Waals surface area contributed by atoms with Crippen LogP contribution in [0.5, 0.6) is 0 Å². The van der Waals surface area contributed by atoms with Crippen molar-refractivity contribution in [2.24, 2.45) is 0 Å². The summed E-state index contributed by atoms with van der Waals surface area (Å²) in [6, 6.07) is 6.38. The first-order chi connectivity index (χ1) is 10.1. The minimum atomic E-state index is -3.63. The Morgan fingerprint density at radius 2 is 2.00 bits per heavy atom. The van der Waals surface area contributed by atoms with E-state index in [4.69, 9.17) is 11.6 Å². The molecule has 0 fully saturated rings. The third-order valence-electron chi connectivity index (χ3n) is 3.56. The Morgan fingerprint density at radius 3 is 2.76 bits per heavy atom. The number of nitrogens with zero attached hydrogens (tertiary/aromatic N) is 1. The predicted molar refractivity (Wildman–Crippen MR) is 80.7 cm³/mol. The lowest BCUT2D eigenvalue weighted by molar-refractivity contribution is 0.579. The molecule has 1 aliphatic carbocycles. The first kappa shape index (κ1) is 14.6. The Balaban J connectivity index is 1.75. The summed E-state index contributed by atoms with van der Waals surface area (Å²) in [7, 11) is -3.63. The summed E-state index contributed by atoms with van der Waals surface area (Å²) < 4.78 is 27.0. The number of rotatable bonds is 4. The third-order valence-corrected chi connectivity index (χ3v) is 5.46. The van der Waals surface area contributed by atoms with E-state index in [-0.39, 0.29) is 16.5 Å². The molecular formula is C14H16ClN3O2S. The highest BCUT2D eigenvalue weighted by molar-refractivity contribution is 7.89. The highest BCUT2D eigenvalue weighted by Crippen LogP contribution is 2.21. The van der Waals surface area contributed by atoms with Gasteiger partial charge in [0.2, 0.25) is 10.0 Å². The van der Waals surface area contributed by atoms with Crippen molar-refractivity contribution in [2.75, 3.05) is 0 Å². The van der Waals surface area contributed by atoms with E-state index < -0.39 is 10.0 Å². The van der Waals surface area contributed by atoms with Crippen LogP contribution in [-0.2, 0) is 29.4 Å². The number of benzene rings is 1. The molecule has 5 nitrogen and oxygen atoms in total. The zero-order valence-electron chi connectivity index (χ0n) is 11.4. The maximum Gasteiger partial charge on any atom is 0.242 e. The smallest absolute Gasteiger partial charge is 0.242 e. The lowest BCUT2D eigenvalue weighted by atomic mass is 10.0. The van der Waals surface area contributed by atoms with Gasteiger partial charge in [0.05, 0.1) is 17.3 Å². The molecule has 0 aliphatic heterocycles. The van der Waals surface area contributed by atoms with Crippen LogP contribution in [-0.4, -0.2) is 18.4 Å². The Kier molecular flexibility index (Phi) is 4.01. The minimum absolute atomic E-state index is 0.0861. The van der Waals surface area contributed by atoms with Crippen molar-refractivity contribution in [1.29, 1.82) is 0 Å². The van der Waals surface area contributed by atoms with Crippen LogP contribution in [0.25, 0.3) is 0 Å². The lowest BCUT2D eigenvalue weighted by Crippen LogP contribution is -2.24. The van der Waals surface area contributed by atoms with Gasteiger partial charge in [0.25, 0.3) is 0 Å². The van der Waals surface area contributed by atoms with Crippen LogP contribution in [0.3, 0.4) is 0 Å². The summed E-state index contributed by atoms with van der Waals surface area (Å²) in [5.74, 6) is 0.650. The van der Waals surface area contributed by atoms with Crippen molar-refractivity contribution in [2.45, 2.75) is 37.1 Å². The molecule has 7 heteroatoms. The number of aromatic amines is 1. The molecule has 3 rings (SSSR count). The average molecular weight is 326 g/mol. The number of H-pyrrole nitrogens is 1. The summed E-state index contributed by atoms with van der Waals surface area (Å²) in [6.07, 6.45) is 4.24. The number of aryl methyl sites for hydroxylation is 2. The van der Waals surface area contributed by atoms with E-state index in [0.717, 1.165) is 37.1 Å². The van der Waals surface area contributed by atoms with Gasteiger partial charge in [-0.25, -0.2) is 18.1 Å². The van der Waals surface area contributed by atoms with Crippen LogP contribution in [0.15, 0.2) is 29.2 Å². The molecule has 0 saturated carbocycles. The van der Waals surface area contributed by atoms with Gasteiger partial charge in [-0.3, -0.25) is 0 Å². The molecule has 1 aromatic carbocycles. The molecule has 0 bridgehead atoms. The maximum atomic E-state index is 12.2. The molecule has 0 spiro atoms. The molecule has 0 amide bonds. The molecule has 1 aliphatic rings. The number of hydrogen-bond acceptors (Lipinski definition) is 3. The number of fused-ring (bicyclic) bond motifs is 1. The van der Waals surface area contributed by atoms with Crippen LogP contribution >= 0.6 is 11.6 Å². The standard InChI is InChI=1S/C14H16ClN3O2S/c15-10-5-1-4-8-13(10)21(19,20)16-9-14-17-11-6-2-3-7-12(11)18-14/h1,4-5,8,16H,2-3,6-7,9H2,(H,17,18). The Labute approximate surface area is 128 Å². The molecule has 21 heavy (non-hydrogen) atoms. The summed E-state index contributed by atoms with van der Waals surface area (Å²) >= 11 is 5.93. The van der Waals surface area contributed by atoms with Crippen LogP contribution < -0.4 is 4.72 Å². The van der Waals surface area contributed by atoms with Gasteiger partial charge >= 0.3 is 0 Å². The molecule has 0 atom stereocenters. The topological polar surface area (TPSA) is 74.8 Å². The Morgan fingerprint density at radius 1 is 1.24 bits per heavy atom. The highest BCUT2D eigenvalue weighted by atomic mass is 35.5. The van der Waals surface area contributed by atoms with Gasteiger partial charge in [-0.05, 0) is 37.8 Å². The van der Waals surface area contributed by atoms with Gasteiger partial charge in [0, 0.05) is 5.69 Å². The van der Waals surface area contributed by atoms with Crippen molar-refractivity contribution in [3.63, 3.8) is 0 Å². The van der Waals surface area contributed by atoms with E-state index in [1.165, 1.54) is 6.07 Å². The van der Waals surface area contributed by atoms with Crippen molar-refractivity contribution < 1.29 is 8.42 Å². The number of halogens is 1. The number of nitrogens with one attached hydrogen (secondary N) is 2. The molecule has 2 aromatic rings. The first-order valence-electron chi connectivity index (χ1n) is 6.87. The molecular weight excluding hydrogens is 310 g/mol. The van der Waals surface area contributed by atoms with Gasteiger partial charge in [0.15, 0.2) is 0 Å². The van der Waals surface area contributed by atoms with Crippen LogP contribution in [0.4, 0.5) is 0 Å². The summed E-state index contributed by atoms with van der Waals surface area (Å²) in [5, 5.41) is 0.212. The molecule has 0 saturated heterocycles. The Bertz CT molecular complexity index is 732. The predicted octanol–water partition coefficient (Wildman–Crippen LogP) is 2.42. The van der Waals surface area contributed by atoms with E-state index in [9.17, 15) is 8.42 Å². The van der Waals surface area contributed by atoms with Crippen molar-refractivity contribution in [3.05, 3.63) is 46.5 Å². The highest BCUT2D eigenvalue weighted by Gasteiger charge is 2.19. The second-order valence-electron chi connectivity index (χ2n) is 5.07. The van der Waals surface area contributed by atoms with E-state index in [2.05, 4.69) is 14.7 Å². The molecule has 1 aromatic heterocycles. The van der Waals surface area contributed by atoms with E-state index >= 15 is 0 Å². The summed E-state index contributed by atoms with van der Waals surface area (Å²) in [5.41, 5.74) is 2.20. The quantitative estimate of drug-likeness (QED) is 0.906. The fourth-order valence-electron chi connectivity index (χ4n) is 2.50. The number of sulfonamides is 1. The van der Waals surface area contributed by atoms with Crippen molar-refractivity contribution in [1.82, 2.24) is 14.7 Å². The maximum absolute atomic E-state index is 12.2. The fourth-order valence-corrected chi connectivity index (χ4v) is 4.01. The first-order valence-corrected chi connectivity index (χ1v) is 8.73. The lowest BCUT2D eigenvalue weighted by Gasteiger charge is -2.07. The second-order valence-corrected chi connectivity index (χ2v) is 7.21. The largest absolute Gasteiger partial charge is 0.345 e. The normalized spacial score (nSPS) is 14.9. The van der Waals surface area contributed by atoms with Crippen molar-refractivity contribution in [3.8, 4) is 0 Å². The monoisotopic (exact) mass is 325 g/mol. The fraction of sp³-hybridized carbons (Fsp3) is 0.357. The molecule has 0 radical (unpaired) electrons.